The summed E-state index contributed by atoms with van der Waals surface area (Å²) in [5.74, 6) is 0.950. The predicted octanol–water partition coefficient (Wildman–Crippen LogP) is 2.95. The van der Waals surface area contributed by atoms with Gasteiger partial charge in [-0.25, -0.2) is 4.79 Å². The lowest BCUT2D eigenvalue weighted by Gasteiger charge is -2.01. The van der Waals surface area contributed by atoms with Gasteiger partial charge in [-0.3, -0.25) is 0 Å². The van der Waals surface area contributed by atoms with E-state index in [0.717, 1.165) is 16.9 Å². The molecular weight excluding hydrogens is 254 g/mol. The molecule has 4 heteroatoms. The lowest BCUT2D eigenvalue weighted by Crippen LogP contribution is -1.94. The molecule has 3 rings (SSSR count). The van der Waals surface area contributed by atoms with Gasteiger partial charge < -0.3 is 15.2 Å². The third-order valence-corrected chi connectivity index (χ3v) is 3.15. The van der Waals surface area contributed by atoms with Crippen LogP contribution in [0.5, 0.6) is 5.75 Å². The Morgan fingerprint density at radius 3 is 2.55 bits per heavy atom. The number of nitrogens with two attached hydrogens (primary N) is 1. The molecule has 0 amide bonds. The van der Waals surface area contributed by atoms with Gasteiger partial charge in [0.25, 0.3) is 0 Å². The van der Waals surface area contributed by atoms with Crippen molar-refractivity contribution in [3.8, 4) is 5.75 Å². The van der Waals surface area contributed by atoms with Crippen LogP contribution in [0.4, 0.5) is 5.69 Å². The van der Waals surface area contributed by atoms with Crippen LogP contribution >= 0.6 is 0 Å². The third-order valence-electron chi connectivity index (χ3n) is 3.15. The summed E-state index contributed by atoms with van der Waals surface area (Å²) in [5.41, 5.74) is 8.43. The second-order valence-electron chi connectivity index (χ2n) is 4.48. The van der Waals surface area contributed by atoms with E-state index in [1.807, 2.05) is 30.3 Å². The molecular formula is C16H13NO3. The van der Waals surface area contributed by atoms with Crippen LogP contribution in [0.1, 0.15) is 21.5 Å². The molecule has 20 heavy (non-hydrogen) atoms. The topological polar surface area (TPSA) is 61.5 Å². The molecule has 2 aromatic carbocycles. The number of hydrogen-bond donors (Lipinski definition) is 1. The first kappa shape index (κ1) is 12.3. The van der Waals surface area contributed by atoms with Crippen LogP contribution in [-0.4, -0.2) is 13.1 Å². The second-order valence-corrected chi connectivity index (χ2v) is 4.48. The molecule has 1 heterocycles. The average Bonchev–Trinajstić information content (AvgIpc) is 2.76. The number of benzene rings is 2. The van der Waals surface area contributed by atoms with Crippen LogP contribution < -0.4 is 10.5 Å². The zero-order valence-corrected chi connectivity index (χ0v) is 10.9. The number of cyclic esters (lactones) is 1. The second kappa shape index (κ2) is 4.74. The van der Waals surface area contributed by atoms with Crippen molar-refractivity contribution in [3.63, 3.8) is 0 Å². The van der Waals surface area contributed by atoms with E-state index in [2.05, 4.69) is 0 Å². The normalized spacial score (nSPS) is 15.1. The quantitative estimate of drug-likeness (QED) is 0.671. The van der Waals surface area contributed by atoms with Crippen molar-refractivity contribution in [1.29, 1.82) is 0 Å². The number of carbonyl (C=O) groups excluding carboxylic acids is 1. The minimum absolute atomic E-state index is 0.368. The molecule has 0 saturated heterocycles. The van der Waals surface area contributed by atoms with Crippen LogP contribution in [0.15, 0.2) is 42.5 Å². The first-order valence-corrected chi connectivity index (χ1v) is 6.15. The summed E-state index contributed by atoms with van der Waals surface area (Å²) in [6.07, 6.45) is 1.82. The third kappa shape index (κ3) is 2.12. The van der Waals surface area contributed by atoms with Crippen molar-refractivity contribution in [2.75, 3.05) is 12.8 Å². The van der Waals surface area contributed by atoms with Crippen molar-refractivity contribution in [2.45, 2.75) is 0 Å². The van der Waals surface area contributed by atoms with Crippen LogP contribution in [0.2, 0.25) is 0 Å². The highest BCUT2D eigenvalue weighted by Gasteiger charge is 2.26. The molecule has 0 aliphatic carbocycles. The zero-order valence-electron chi connectivity index (χ0n) is 10.9. The Kier molecular flexibility index (Phi) is 2.91. The summed E-state index contributed by atoms with van der Waals surface area (Å²) in [6.45, 7) is 0. The smallest absolute Gasteiger partial charge is 0.344 e. The van der Waals surface area contributed by atoms with E-state index in [4.69, 9.17) is 15.2 Å². The molecule has 2 N–H and O–H groups in total. The highest BCUT2D eigenvalue weighted by atomic mass is 16.5. The maximum absolute atomic E-state index is 11.8. The molecule has 0 atom stereocenters. The van der Waals surface area contributed by atoms with Gasteiger partial charge in [0, 0.05) is 11.3 Å². The molecule has 2 aromatic rings. The van der Waals surface area contributed by atoms with Crippen molar-refractivity contribution in [1.82, 2.24) is 0 Å². The summed E-state index contributed by atoms with van der Waals surface area (Å²) < 4.78 is 10.4. The summed E-state index contributed by atoms with van der Waals surface area (Å²) in [7, 11) is 1.62. The highest BCUT2D eigenvalue weighted by molar-refractivity contribution is 6.06. The Hall–Kier alpha value is -2.75. The minimum atomic E-state index is -0.368. The maximum Gasteiger partial charge on any atom is 0.344 e. The van der Waals surface area contributed by atoms with Gasteiger partial charge in [-0.15, -0.1) is 0 Å². The van der Waals surface area contributed by atoms with E-state index in [-0.39, 0.29) is 5.97 Å². The number of hydrogen-bond acceptors (Lipinski definition) is 4. The summed E-state index contributed by atoms with van der Waals surface area (Å²) in [5, 5.41) is 0. The fourth-order valence-corrected chi connectivity index (χ4v) is 2.11. The first-order chi connectivity index (χ1) is 9.67. The Morgan fingerprint density at radius 2 is 1.85 bits per heavy atom. The van der Waals surface area contributed by atoms with E-state index >= 15 is 0 Å². The van der Waals surface area contributed by atoms with Crippen molar-refractivity contribution >= 4 is 23.5 Å². The van der Waals surface area contributed by atoms with E-state index in [0.29, 0.717) is 17.0 Å². The van der Waals surface area contributed by atoms with Gasteiger partial charge in [0.2, 0.25) is 0 Å². The summed E-state index contributed by atoms with van der Waals surface area (Å²) in [6, 6.07) is 12.7. The molecule has 0 unspecified atom stereocenters. The van der Waals surface area contributed by atoms with Gasteiger partial charge in [-0.2, -0.15) is 0 Å². The van der Waals surface area contributed by atoms with E-state index in [9.17, 15) is 4.79 Å². The molecule has 0 saturated carbocycles. The number of rotatable bonds is 2. The van der Waals surface area contributed by atoms with E-state index in [1.165, 1.54) is 0 Å². The molecule has 100 valence electrons. The SMILES string of the molecule is COc1ccc(/C=C2/OC(=O)c3cc(N)ccc32)cc1. The number of ether oxygens (including phenoxy) is 2. The molecule has 0 spiro atoms. The fourth-order valence-electron chi connectivity index (χ4n) is 2.11. The molecule has 0 aromatic heterocycles. The van der Waals surface area contributed by atoms with E-state index < -0.39 is 0 Å². The average molecular weight is 267 g/mol. The van der Waals surface area contributed by atoms with Gasteiger partial charge in [-0.05, 0) is 42.0 Å². The molecule has 1 aliphatic heterocycles. The summed E-state index contributed by atoms with van der Waals surface area (Å²) >= 11 is 0. The van der Waals surface area contributed by atoms with Gasteiger partial charge in [0.05, 0.1) is 12.7 Å². The molecule has 0 radical (unpaired) electrons. The van der Waals surface area contributed by atoms with Crippen molar-refractivity contribution in [2.24, 2.45) is 0 Å². The minimum Gasteiger partial charge on any atom is -0.497 e. The van der Waals surface area contributed by atoms with Crippen LogP contribution in [0.25, 0.3) is 11.8 Å². The Balaban J connectivity index is 1.99. The van der Waals surface area contributed by atoms with Crippen molar-refractivity contribution < 1.29 is 14.3 Å². The fraction of sp³-hybridized carbons (Fsp3) is 0.0625. The van der Waals surface area contributed by atoms with E-state index in [1.54, 1.807) is 25.3 Å². The van der Waals surface area contributed by atoms with Gasteiger partial charge in [0.15, 0.2) is 0 Å². The number of esters is 1. The van der Waals surface area contributed by atoms with Crippen LogP contribution in [0, 0.1) is 0 Å². The Bertz CT molecular complexity index is 702. The maximum atomic E-state index is 11.8. The zero-order chi connectivity index (χ0) is 14.1. The van der Waals surface area contributed by atoms with Crippen LogP contribution in [0.3, 0.4) is 0 Å². The van der Waals surface area contributed by atoms with Gasteiger partial charge in [0.1, 0.15) is 11.5 Å². The standard InChI is InChI=1S/C16H13NO3/c1-19-12-5-2-10(3-6-12)8-15-13-7-4-11(17)9-14(13)16(18)20-15/h2-9H,17H2,1H3/b15-8+. The molecule has 0 fully saturated rings. The molecule has 0 bridgehead atoms. The lowest BCUT2D eigenvalue weighted by atomic mass is 10.1. The largest absolute Gasteiger partial charge is 0.497 e. The van der Waals surface area contributed by atoms with Gasteiger partial charge in [-0.1, -0.05) is 12.1 Å². The lowest BCUT2D eigenvalue weighted by molar-refractivity contribution is 0.0717. The Labute approximate surface area is 116 Å². The number of fused-ring (bicyclic) bond motifs is 1. The predicted molar refractivity (Wildman–Crippen MR) is 77.1 cm³/mol. The monoisotopic (exact) mass is 267 g/mol. The first-order valence-electron chi connectivity index (χ1n) is 6.15. The number of anilines is 1. The van der Waals surface area contributed by atoms with Crippen LogP contribution in [-0.2, 0) is 4.74 Å². The molecule has 4 nitrogen and oxygen atoms in total. The number of carbonyl (C=O) groups is 1. The number of nitrogen functional groups attached to an aromatic ring is 1. The van der Waals surface area contributed by atoms with Crippen molar-refractivity contribution in [3.05, 3.63) is 59.2 Å². The summed E-state index contributed by atoms with van der Waals surface area (Å²) in [4.78, 5) is 11.8. The number of methoxy groups -OCH3 is 1. The van der Waals surface area contributed by atoms with Gasteiger partial charge >= 0.3 is 5.97 Å². The highest BCUT2D eigenvalue weighted by Crippen LogP contribution is 2.32. The molecule has 1 aliphatic rings. The Morgan fingerprint density at radius 1 is 1.10 bits per heavy atom.